The zero-order chi connectivity index (χ0) is 14.4. The molecule has 3 heteroatoms. The van der Waals surface area contributed by atoms with E-state index in [1.165, 1.54) is 25.9 Å². The quantitative estimate of drug-likeness (QED) is 0.793. The predicted molar refractivity (Wildman–Crippen MR) is 83.2 cm³/mol. The van der Waals surface area contributed by atoms with E-state index in [0.29, 0.717) is 6.42 Å². The van der Waals surface area contributed by atoms with E-state index in [1.54, 1.807) is 0 Å². The van der Waals surface area contributed by atoms with Crippen LogP contribution in [0.25, 0.3) is 0 Å². The van der Waals surface area contributed by atoms with Crippen molar-refractivity contribution in [2.45, 2.75) is 38.7 Å². The summed E-state index contributed by atoms with van der Waals surface area (Å²) in [7, 11) is 0. The van der Waals surface area contributed by atoms with E-state index in [2.05, 4.69) is 30.6 Å². The van der Waals surface area contributed by atoms with Gasteiger partial charge in [0, 0.05) is 6.42 Å². The molecule has 2 nitrogen and oxygen atoms in total. The molecule has 1 saturated heterocycles. The maximum Gasteiger partial charge on any atom is 0.103 e. The molecule has 1 N–H and O–H groups in total. The molecule has 1 aromatic carbocycles. The summed E-state index contributed by atoms with van der Waals surface area (Å²) in [4.78, 5) is 2.38. The lowest BCUT2D eigenvalue weighted by molar-refractivity contribution is -0.00537. The summed E-state index contributed by atoms with van der Waals surface area (Å²) in [5.74, 6) is 6.56. The fourth-order valence-electron chi connectivity index (χ4n) is 2.67. The first-order chi connectivity index (χ1) is 9.63. The van der Waals surface area contributed by atoms with Crippen LogP contribution in [0.1, 0.15) is 38.7 Å². The maximum atomic E-state index is 10.9. The minimum atomic E-state index is -0.848. The molecule has 0 saturated carbocycles. The van der Waals surface area contributed by atoms with Crippen LogP contribution in [0.3, 0.4) is 0 Å². The Morgan fingerprint density at radius 1 is 1.14 bits per heavy atom. The van der Waals surface area contributed by atoms with Gasteiger partial charge in [-0.25, -0.2) is 0 Å². The second-order valence-corrected chi connectivity index (χ2v) is 5.96. The minimum Gasteiger partial charge on any atom is -1.00 e. The normalized spacial score (nSPS) is 17.7. The molecule has 0 spiro atoms. The molecular weight excluding hydrogens is 282 g/mol. The van der Waals surface area contributed by atoms with Crippen molar-refractivity contribution < 1.29 is 17.5 Å². The Morgan fingerprint density at radius 3 is 2.33 bits per heavy atom. The van der Waals surface area contributed by atoms with Crippen LogP contribution in [-0.2, 0) is 5.60 Å². The number of hydrogen-bond acceptors (Lipinski definition) is 2. The smallest absolute Gasteiger partial charge is 0.103 e. The van der Waals surface area contributed by atoms with Crippen molar-refractivity contribution in [2.24, 2.45) is 5.92 Å². The highest BCUT2D eigenvalue weighted by molar-refractivity contribution is 5.25. The van der Waals surface area contributed by atoms with Crippen molar-refractivity contribution in [3.8, 4) is 11.8 Å². The molecule has 1 unspecified atom stereocenters. The van der Waals surface area contributed by atoms with E-state index < -0.39 is 5.60 Å². The van der Waals surface area contributed by atoms with Gasteiger partial charge in [0.05, 0.1) is 6.54 Å². The second kappa shape index (κ2) is 8.44. The van der Waals surface area contributed by atoms with Crippen LogP contribution in [0.5, 0.6) is 0 Å². The number of nitrogens with zero attached hydrogens (tertiary/aromatic N) is 1. The number of halogens is 1. The van der Waals surface area contributed by atoms with Crippen molar-refractivity contribution in [1.82, 2.24) is 4.90 Å². The second-order valence-electron chi connectivity index (χ2n) is 5.96. The van der Waals surface area contributed by atoms with Crippen LogP contribution in [0, 0.1) is 17.8 Å². The van der Waals surface area contributed by atoms with Crippen LogP contribution >= 0.6 is 0 Å². The van der Waals surface area contributed by atoms with Gasteiger partial charge in [-0.3, -0.25) is 4.90 Å². The van der Waals surface area contributed by atoms with Crippen LogP contribution in [0.4, 0.5) is 0 Å². The van der Waals surface area contributed by atoms with Crippen molar-refractivity contribution in [2.75, 3.05) is 19.6 Å². The van der Waals surface area contributed by atoms with Crippen LogP contribution in [0.15, 0.2) is 30.3 Å². The van der Waals surface area contributed by atoms with Crippen LogP contribution in [0.2, 0.25) is 0 Å². The number of benzene rings is 1. The first-order valence-corrected chi connectivity index (χ1v) is 7.59. The van der Waals surface area contributed by atoms with Gasteiger partial charge in [-0.05, 0) is 37.4 Å². The monoisotopic (exact) mass is 306 g/mol. The van der Waals surface area contributed by atoms with Gasteiger partial charge >= 0.3 is 0 Å². The summed E-state index contributed by atoms with van der Waals surface area (Å²) < 4.78 is 0. The lowest BCUT2D eigenvalue weighted by Crippen LogP contribution is -3.00. The predicted octanol–water partition coefficient (Wildman–Crippen LogP) is 0.0235. The maximum absolute atomic E-state index is 10.9. The lowest BCUT2D eigenvalue weighted by Gasteiger charge is -2.31. The molecule has 0 aliphatic carbocycles. The van der Waals surface area contributed by atoms with Crippen molar-refractivity contribution in [3.63, 3.8) is 0 Å². The molecular formula is C18H25ClNO-. The third-order valence-electron chi connectivity index (χ3n) is 4.21. The zero-order valence-electron chi connectivity index (χ0n) is 13.0. The number of aliphatic hydroxyl groups is 1. The molecule has 1 fully saturated rings. The zero-order valence-corrected chi connectivity index (χ0v) is 13.7. The van der Waals surface area contributed by atoms with Crippen LogP contribution < -0.4 is 12.4 Å². The summed E-state index contributed by atoms with van der Waals surface area (Å²) in [6.45, 7) is 7.27. The highest BCUT2D eigenvalue weighted by Crippen LogP contribution is 2.32. The molecule has 1 aliphatic heterocycles. The van der Waals surface area contributed by atoms with E-state index in [1.807, 2.05) is 30.3 Å². The first-order valence-electron chi connectivity index (χ1n) is 7.59. The van der Waals surface area contributed by atoms with Gasteiger partial charge in [0.25, 0.3) is 0 Å². The van der Waals surface area contributed by atoms with Crippen molar-refractivity contribution in [3.05, 3.63) is 35.9 Å². The Kier molecular flexibility index (Phi) is 7.25. The molecule has 0 aromatic heterocycles. The topological polar surface area (TPSA) is 23.5 Å². The molecule has 1 heterocycles. The van der Waals surface area contributed by atoms with Crippen molar-refractivity contribution >= 4 is 0 Å². The summed E-state index contributed by atoms with van der Waals surface area (Å²) >= 11 is 0. The number of hydrogen-bond donors (Lipinski definition) is 1. The number of rotatable bonds is 4. The molecule has 1 aliphatic rings. The fourth-order valence-corrected chi connectivity index (χ4v) is 2.67. The van der Waals surface area contributed by atoms with Gasteiger partial charge in [0.2, 0.25) is 0 Å². The van der Waals surface area contributed by atoms with E-state index in [0.717, 1.165) is 12.1 Å². The Bertz CT molecular complexity index is 471. The largest absolute Gasteiger partial charge is 1.00 e. The number of likely N-dealkylation sites (tertiary alicyclic amines) is 1. The van der Waals surface area contributed by atoms with Gasteiger partial charge < -0.3 is 17.5 Å². The van der Waals surface area contributed by atoms with Crippen molar-refractivity contribution in [1.29, 1.82) is 0 Å². The lowest BCUT2D eigenvalue weighted by atomic mass is 9.81. The fraction of sp³-hybridized carbons (Fsp3) is 0.556. The standard InChI is InChI=1S/C18H25NO.ClH/c1-16(2)18(20,17-10-4-3-5-11-17)12-6-7-13-19-14-8-9-15-19;/h3-5,10-11,16,20H,8-9,12-15H2,1-2H3;1H/p-1. The summed E-state index contributed by atoms with van der Waals surface area (Å²) in [6.07, 6.45) is 3.09. The SMILES string of the molecule is CC(C)C(O)(CC#CCN1CCCC1)c1ccccc1.[Cl-]. The molecule has 0 radical (unpaired) electrons. The molecule has 1 atom stereocenters. The third kappa shape index (κ3) is 4.74. The molecule has 0 amide bonds. The summed E-state index contributed by atoms with van der Waals surface area (Å²) in [5.41, 5.74) is 0.115. The Labute approximate surface area is 135 Å². The summed E-state index contributed by atoms with van der Waals surface area (Å²) in [6, 6.07) is 9.90. The average molecular weight is 307 g/mol. The highest BCUT2D eigenvalue weighted by atomic mass is 35.5. The molecule has 1 aromatic rings. The molecule has 116 valence electrons. The average Bonchev–Trinajstić information content (AvgIpc) is 2.97. The minimum absolute atomic E-state index is 0. The highest BCUT2D eigenvalue weighted by Gasteiger charge is 2.31. The van der Waals surface area contributed by atoms with Gasteiger partial charge in [-0.15, -0.1) is 0 Å². The van der Waals surface area contributed by atoms with Gasteiger partial charge in [0.1, 0.15) is 5.60 Å². The Balaban J connectivity index is 0.00000220. The Morgan fingerprint density at radius 2 is 1.76 bits per heavy atom. The van der Waals surface area contributed by atoms with E-state index in [9.17, 15) is 5.11 Å². The van der Waals surface area contributed by atoms with E-state index in [-0.39, 0.29) is 18.3 Å². The van der Waals surface area contributed by atoms with Crippen LogP contribution in [-0.4, -0.2) is 29.6 Å². The molecule has 2 rings (SSSR count). The molecule has 21 heavy (non-hydrogen) atoms. The van der Waals surface area contributed by atoms with E-state index >= 15 is 0 Å². The molecule has 0 bridgehead atoms. The van der Waals surface area contributed by atoms with Gasteiger partial charge in [0.15, 0.2) is 0 Å². The van der Waals surface area contributed by atoms with Gasteiger partial charge in [-0.1, -0.05) is 56.0 Å². The summed E-state index contributed by atoms with van der Waals surface area (Å²) in [5, 5.41) is 10.9. The van der Waals surface area contributed by atoms with Gasteiger partial charge in [-0.2, -0.15) is 0 Å². The van der Waals surface area contributed by atoms with E-state index in [4.69, 9.17) is 0 Å². The Hall–Kier alpha value is -1.01. The first kappa shape index (κ1) is 18.0. The third-order valence-corrected chi connectivity index (χ3v) is 4.21.